The van der Waals surface area contributed by atoms with Gasteiger partial charge in [0.15, 0.2) is 5.82 Å². The summed E-state index contributed by atoms with van der Waals surface area (Å²) >= 11 is 0. The molecule has 2 aromatic heterocycles. The van der Waals surface area contributed by atoms with E-state index in [2.05, 4.69) is 15.3 Å². The van der Waals surface area contributed by atoms with Gasteiger partial charge in [-0.1, -0.05) is 24.3 Å². The fraction of sp³-hybridized carbons (Fsp3) is 0.320. The molecule has 1 fully saturated rings. The van der Waals surface area contributed by atoms with Crippen molar-refractivity contribution in [3.05, 3.63) is 66.1 Å². The number of benzene rings is 2. The topological polar surface area (TPSA) is 84.2 Å². The lowest BCUT2D eigenvalue weighted by Crippen LogP contribution is -2.46. The van der Waals surface area contributed by atoms with E-state index in [-0.39, 0.29) is 6.07 Å². The highest BCUT2D eigenvalue weighted by molar-refractivity contribution is 7.89. The first-order valence-electron chi connectivity index (χ1n) is 11.8. The first-order valence-corrected chi connectivity index (χ1v) is 13.3. The van der Waals surface area contributed by atoms with Gasteiger partial charge in [-0.15, -0.1) is 10.2 Å². The van der Waals surface area contributed by atoms with Crippen LogP contribution >= 0.6 is 0 Å². The van der Waals surface area contributed by atoms with Gasteiger partial charge in [0, 0.05) is 50.2 Å². The number of alkyl halides is 3. The van der Waals surface area contributed by atoms with E-state index in [1.54, 1.807) is 10.9 Å². The molecule has 0 spiro atoms. The maximum absolute atomic E-state index is 13.5. The average molecular weight is 549 g/mol. The Bertz CT molecular complexity index is 1600. The normalized spacial score (nSPS) is 15.5. The third-order valence-corrected chi connectivity index (χ3v) is 8.88. The van der Waals surface area contributed by atoms with Gasteiger partial charge >= 0.3 is 6.18 Å². The molecular formula is C25H24F4N6O2S. The molecule has 4 aromatic rings. The Labute approximate surface area is 216 Å². The third-order valence-electron chi connectivity index (χ3n) is 6.91. The van der Waals surface area contributed by atoms with Gasteiger partial charge in [-0.2, -0.15) is 22.6 Å². The lowest BCUT2D eigenvalue weighted by atomic mass is 10.0. The number of hydrogen-bond acceptors (Lipinski definition) is 6. The number of halogens is 4. The third kappa shape index (κ3) is 4.60. The van der Waals surface area contributed by atoms with Crippen molar-refractivity contribution >= 4 is 26.6 Å². The number of aryl methyl sites for hydroxylation is 1. The van der Waals surface area contributed by atoms with E-state index in [0.717, 1.165) is 26.8 Å². The SMILES string of the molecule is CN(C1CCN(c2nnc(-c3ccnn3C)c3ccccc23)CC1)S(=O)(=O)c1ccc(F)cc1C(F)(F)F. The molecule has 0 N–H and O–H groups in total. The maximum Gasteiger partial charge on any atom is 0.417 e. The van der Waals surface area contributed by atoms with Crippen LogP contribution in [-0.4, -0.2) is 58.9 Å². The second-order valence-corrected chi connectivity index (χ2v) is 11.1. The molecular weight excluding hydrogens is 524 g/mol. The quantitative estimate of drug-likeness (QED) is 0.342. The number of aromatic nitrogens is 4. The highest BCUT2D eigenvalue weighted by Crippen LogP contribution is 2.37. The van der Waals surface area contributed by atoms with Crippen molar-refractivity contribution in [2.75, 3.05) is 25.0 Å². The summed E-state index contributed by atoms with van der Waals surface area (Å²) in [5.41, 5.74) is -0.0216. The standard InChI is InChI=1S/C25H24F4N6O2S/c1-33-21(9-12-30-33)23-18-5-3-4-6-19(18)24(32-31-23)35-13-10-17(11-14-35)34(2)38(36,37)22-8-7-16(26)15-20(22)25(27,28)29/h3-9,12,15,17H,10-11,13-14H2,1-2H3. The van der Waals surface area contributed by atoms with Gasteiger partial charge in [0.25, 0.3) is 0 Å². The smallest absolute Gasteiger partial charge is 0.354 e. The van der Waals surface area contributed by atoms with Crippen molar-refractivity contribution in [2.45, 2.75) is 30.0 Å². The first kappa shape index (κ1) is 26.0. The number of rotatable bonds is 5. The average Bonchev–Trinajstić information content (AvgIpc) is 3.32. The van der Waals surface area contributed by atoms with E-state index >= 15 is 0 Å². The number of nitrogens with zero attached hydrogens (tertiary/aromatic N) is 6. The van der Waals surface area contributed by atoms with Gasteiger partial charge in [-0.05, 0) is 37.1 Å². The molecule has 3 heterocycles. The number of sulfonamides is 1. The molecule has 38 heavy (non-hydrogen) atoms. The molecule has 0 amide bonds. The van der Waals surface area contributed by atoms with E-state index in [1.165, 1.54) is 7.05 Å². The van der Waals surface area contributed by atoms with Gasteiger partial charge in [0.2, 0.25) is 10.0 Å². The molecule has 13 heteroatoms. The van der Waals surface area contributed by atoms with E-state index in [0.29, 0.717) is 43.5 Å². The molecule has 200 valence electrons. The summed E-state index contributed by atoms with van der Waals surface area (Å²) in [5.74, 6) is -0.511. The summed E-state index contributed by atoms with van der Waals surface area (Å²) < 4.78 is 83.0. The minimum absolute atomic E-state index is 0.211. The van der Waals surface area contributed by atoms with Crippen LogP contribution in [0.5, 0.6) is 0 Å². The largest absolute Gasteiger partial charge is 0.417 e. The Morgan fingerprint density at radius 1 is 1.00 bits per heavy atom. The Hall–Kier alpha value is -3.58. The molecule has 2 aromatic carbocycles. The Morgan fingerprint density at radius 2 is 1.68 bits per heavy atom. The van der Waals surface area contributed by atoms with Crippen LogP contribution in [0.3, 0.4) is 0 Å². The molecule has 1 aliphatic rings. The van der Waals surface area contributed by atoms with E-state index in [9.17, 15) is 26.0 Å². The zero-order chi connectivity index (χ0) is 27.2. The van der Waals surface area contributed by atoms with Crippen LogP contribution < -0.4 is 4.90 Å². The molecule has 5 rings (SSSR count). The number of fused-ring (bicyclic) bond motifs is 1. The highest BCUT2D eigenvalue weighted by atomic mass is 32.2. The number of piperidine rings is 1. The number of anilines is 1. The lowest BCUT2D eigenvalue weighted by Gasteiger charge is -2.37. The summed E-state index contributed by atoms with van der Waals surface area (Å²) in [6, 6.07) is 10.6. The zero-order valence-electron chi connectivity index (χ0n) is 20.5. The second-order valence-electron chi connectivity index (χ2n) is 9.14. The minimum Gasteiger partial charge on any atom is -0.354 e. The van der Waals surface area contributed by atoms with Crippen molar-refractivity contribution in [3.8, 4) is 11.4 Å². The van der Waals surface area contributed by atoms with E-state index in [4.69, 9.17) is 0 Å². The minimum atomic E-state index is -5.02. The van der Waals surface area contributed by atoms with Crippen molar-refractivity contribution in [1.82, 2.24) is 24.3 Å². The van der Waals surface area contributed by atoms with Crippen LogP contribution in [0.1, 0.15) is 18.4 Å². The van der Waals surface area contributed by atoms with Crippen molar-refractivity contribution in [1.29, 1.82) is 0 Å². The predicted octanol–water partition coefficient (Wildman–Crippen LogP) is 4.48. The van der Waals surface area contributed by atoms with Crippen LogP contribution in [0, 0.1) is 5.82 Å². The summed E-state index contributed by atoms with van der Waals surface area (Å²) in [6.45, 7) is 0.841. The fourth-order valence-electron chi connectivity index (χ4n) is 4.86. The van der Waals surface area contributed by atoms with Crippen LogP contribution in [0.15, 0.2) is 59.6 Å². The van der Waals surface area contributed by atoms with Gasteiger partial charge in [0.1, 0.15) is 11.5 Å². The molecule has 0 saturated carbocycles. The van der Waals surface area contributed by atoms with Crippen LogP contribution in [-0.2, 0) is 23.2 Å². The Kier molecular flexibility index (Phi) is 6.59. The van der Waals surface area contributed by atoms with Crippen molar-refractivity contribution in [2.24, 2.45) is 7.05 Å². The van der Waals surface area contributed by atoms with Gasteiger partial charge in [-0.25, -0.2) is 12.8 Å². The molecule has 8 nitrogen and oxygen atoms in total. The molecule has 0 atom stereocenters. The second kappa shape index (κ2) is 9.62. The highest BCUT2D eigenvalue weighted by Gasteiger charge is 2.40. The van der Waals surface area contributed by atoms with Gasteiger partial charge in [0.05, 0.1) is 16.2 Å². The van der Waals surface area contributed by atoms with Crippen molar-refractivity contribution in [3.63, 3.8) is 0 Å². The van der Waals surface area contributed by atoms with E-state index < -0.39 is 38.5 Å². The summed E-state index contributed by atoms with van der Waals surface area (Å²) in [4.78, 5) is 1.04. The zero-order valence-corrected chi connectivity index (χ0v) is 21.3. The summed E-state index contributed by atoms with van der Waals surface area (Å²) in [6.07, 6.45) is -2.62. The van der Waals surface area contributed by atoms with Crippen LogP contribution in [0.4, 0.5) is 23.4 Å². The van der Waals surface area contributed by atoms with E-state index in [1.807, 2.05) is 42.3 Å². The van der Waals surface area contributed by atoms with Crippen LogP contribution in [0.25, 0.3) is 22.2 Å². The fourth-order valence-corrected chi connectivity index (χ4v) is 6.47. The first-order chi connectivity index (χ1) is 18.0. The Balaban J connectivity index is 1.39. The molecule has 1 aliphatic heterocycles. The molecule has 0 unspecified atom stereocenters. The molecule has 1 saturated heterocycles. The van der Waals surface area contributed by atoms with Gasteiger partial charge < -0.3 is 4.90 Å². The van der Waals surface area contributed by atoms with Crippen LogP contribution in [0.2, 0.25) is 0 Å². The monoisotopic (exact) mass is 548 g/mol. The van der Waals surface area contributed by atoms with Gasteiger partial charge in [-0.3, -0.25) is 4.68 Å². The number of hydrogen-bond donors (Lipinski definition) is 0. The molecule has 0 aliphatic carbocycles. The van der Waals surface area contributed by atoms with Crippen molar-refractivity contribution < 1.29 is 26.0 Å². The summed E-state index contributed by atoms with van der Waals surface area (Å²) in [7, 11) is -1.45. The predicted molar refractivity (Wildman–Crippen MR) is 133 cm³/mol. The Morgan fingerprint density at radius 3 is 2.32 bits per heavy atom. The maximum atomic E-state index is 13.5. The lowest BCUT2D eigenvalue weighted by molar-refractivity contribution is -0.140. The molecule has 0 radical (unpaired) electrons. The molecule has 0 bridgehead atoms. The summed E-state index contributed by atoms with van der Waals surface area (Å²) in [5, 5.41) is 14.9.